The van der Waals surface area contributed by atoms with E-state index in [-0.39, 0.29) is 23.3 Å². The van der Waals surface area contributed by atoms with Gasteiger partial charge in [-0.2, -0.15) is 0 Å². The Hall–Kier alpha value is -1.54. The maximum atomic E-state index is 11.5. The number of nitrogens with zero attached hydrogens (tertiary/aromatic N) is 3. The van der Waals surface area contributed by atoms with Gasteiger partial charge in [0.05, 0.1) is 0 Å². The minimum Gasteiger partial charge on any atom is -0.387 e. The van der Waals surface area contributed by atoms with E-state index in [1.807, 2.05) is 0 Å². The minimum absolute atomic E-state index is 0.0998. The number of carbonyl (C=O) groups excluding carboxylic acids is 1. The summed E-state index contributed by atoms with van der Waals surface area (Å²) < 4.78 is 6.25. The highest BCUT2D eigenvalue weighted by atomic mass is 32.1. The molecule has 3 N–H and O–H groups in total. The molecule has 0 aliphatic rings. The van der Waals surface area contributed by atoms with Crippen molar-refractivity contribution in [2.24, 2.45) is 5.73 Å². The van der Waals surface area contributed by atoms with Crippen LogP contribution in [0.5, 0.6) is 0 Å². The van der Waals surface area contributed by atoms with E-state index in [9.17, 15) is 4.79 Å². The van der Waals surface area contributed by atoms with Crippen molar-refractivity contribution >= 4 is 23.1 Å². The number of nitrogens with one attached hydrogen (secondary N) is 1. The summed E-state index contributed by atoms with van der Waals surface area (Å²) in [4.78, 5) is 15.4. The van der Waals surface area contributed by atoms with Crippen LogP contribution in [-0.2, 0) is 16.1 Å². The first-order chi connectivity index (χ1) is 8.13. The van der Waals surface area contributed by atoms with Crippen LogP contribution in [0.25, 0.3) is 0 Å². The Bertz CT molecular complexity index is 392. The maximum absolute atomic E-state index is 11.5. The monoisotopic (exact) mass is 257 g/mol. The van der Waals surface area contributed by atoms with Gasteiger partial charge >= 0.3 is 0 Å². The number of thiocarbonyl (C=S) groups is 1. The van der Waals surface area contributed by atoms with Crippen molar-refractivity contribution < 1.29 is 9.53 Å². The van der Waals surface area contributed by atoms with Gasteiger partial charge < -0.3 is 15.8 Å². The molecule has 1 heterocycles. The number of ether oxygens (including phenoxy) is 1. The fourth-order valence-electron chi connectivity index (χ4n) is 1.13. The topological polar surface area (TPSA) is 95.1 Å². The number of nitrogens with two attached hydrogens (primary N) is 1. The summed E-state index contributed by atoms with van der Waals surface area (Å²) in [7, 11) is 1.62. The number of amides is 1. The molecule has 0 bridgehead atoms. The van der Waals surface area contributed by atoms with E-state index in [0.29, 0.717) is 13.2 Å². The van der Waals surface area contributed by atoms with Crippen molar-refractivity contribution in [3.63, 3.8) is 0 Å². The van der Waals surface area contributed by atoms with Gasteiger partial charge in [-0.25, -0.2) is 9.67 Å². The largest absolute Gasteiger partial charge is 0.387 e. The molecule has 0 aromatic carbocycles. The molecule has 8 heteroatoms. The summed E-state index contributed by atoms with van der Waals surface area (Å²) in [6.45, 7) is 1.29. The van der Waals surface area contributed by atoms with E-state index >= 15 is 0 Å². The molecule has 17 heavy (non-hydrogen) atoms. The van der Waals surface area contributed by atoms with Gasteiger partial charge in [-0.15, -0.1) is 5.10 Å². The highest BCUT2D eigenvalue weighted by Crippen LogP contribution is 1.90. The van der Waals surface area contributed by atoms with Crippen LogP contribution < -0.4 is 11.1 Å². The molecule has 1 aromatic rings. The van der Waals surface area contributed by atoms with E-state index in [1.54, 1.807) is 7.11 Å². The zero-order valence-electron chi connectivity index (χ0n) is 9.55. The molecular formula is C9H15N5O2S. The molecule has 0 unspecified atom stereocenters. The predicted molar refractivity (Wildman–Crippen MR) is 65.4 cm³/mol. The fourth-order valence-corrected chi connectivity index (χ4v) is 1.22. The lowest BCUT2D eigenvalue weighted by molar-refractivity contribution is -0.121. The number of carbonyl (C=O) groups is 1. The van der Waals surface area contributed by atoms with E-state index in [1.165, 1.54) is 11.0 Å². The second-order valence-corrected chi connectivity index (χ2v) is 3.77. The van der Waals surface area contributed by atoms with Gasteiger partial charge in [-0.05, 0) is 6.42 Å². The first-order valence-electron chi connectivity index (χ1n) is 5.08. The van der Waals surface area contributed by atoms with Crippen LogP contribution in [0.1, 0.15) is 12.2 Å². The van der Waals surface area contributed by atoms with Crippen LogP contribution in [0, 0.1) is 0 Å². The number of hydrogen-bond donors (Lipinski definition) is 2. The smallest absolute Gasteiger partial charge is 0.241 e. The lowest BCUT2D eigenvalue weighted by Gasteiger charge is -2.04. The van der Waals surface area contributed by atoms with E-state index < -0.39 is 0 Å². The lowest BCUT2D eigenvalue weighted by Crippen LogP contribution is -2.29. The Morgan fingerprint density at radius 3 is 3.06 bits per heavy atom. The second kappa shape index (κ2) is 6.92. The zero-order chi connectivity index (χ0) is 12.7. The Morgan fingerprint density at radius 1 is 1.71 bits per heavy atom. The standard InChI is InChI=1S/C9H15N5O2S/c1-16-4-2-3-11-7(15)5-14-6-12-9(13-14)8(10)17/h6H,2-5H2,1H3,(H2,10,17)(H,11,15). The van der Waals surface area contributed by atoms with Crippen molar-refractivity contribution in [2.75, 3.05) is 20.3 Å². The van der Waals surface area contributed by atoms with Crippen LogP contribution >= 0.6 is 12.2 Å². The number of rotatable bonds is 7. The molecule has 0 spiro atoms. The zero-order valence-corrected chi connectivity index (χ0v) is 10.4. The van der Waals surface area contributed by atoms with E-state index in [2.05, 4.69) is 15.4 Å². The van der Waals surface area contributed by atoms with Crippen molar-refractivity contribution in [2.45, 2.75) is 13.0 Å². The third-order valence-electron chi connectivity index (χ3n) is 1.91. The van der Waals surface area contributed by atoms with Crippen LogP contribution in [0.4, 0.5) is 0 Å². The quantitative estimate of drug-likeness (QED) is 0.484. The Balaban J connectivity index is 2.32. The van der Waals surface area contributed by atoms with Crippen LogP contribution in [-0.4, -0.2) is 45.9 Å². The van der Waals surface area contributed by atoms with Gasteiger partial charge in [-0.3, -0.25) is 4.79 Å². The summed E-state index contributed by atoms with van der Waals surface area (Å²) >= 11 is 4.71. The maximum Gasteiger partial charge on any atom is 0.241 e. The first kappa shape index (κ1) is 13.5. The number of methoxy groups -OCH3 is 1. The van der Waals surface area contributed by atoms with E-state index in [4.69, 9.17) is 22.7 Å². The van der Waals surface area contributed by atoms with Crippen LogP contribution in [0.15, 0.2) is 6.33 Å². The van der Waals surface area contributed by atoms with Gasteiger partial charge in [0.2, 0.25) is 11.7 Å². The Morgan fingerprint density at radius 2 is 2.47 bits per heavy atom. The summed E-state index contributed by atoms with van der Waals surface area (Å²) in [5.41, 5.74) is 5.35. The summed E-state index contributed by atoms with van der Waals surface area (Å²) in [6, 6.07) is 0. The highest BCUT2D eigenvalue weighted by molar-refractivity contribution is 7.80. The average molecular weight is 257 g/mol. The van der Waals surface area contributed by atoms with Gasteiger partial charge in [0.15, 0.2) is 0 Å². The van der Waals surface area contributed by atoms with Gasteiger partial charge in [0, 0.05) is 20.3 Å². The van der Waals surface area contributed by atoms with E-state index in [0.717, 1.165) is 6.42 Å². The molecule has 0 saturated carbocycles. The summed E-state index contributed by atoms with van der Waals surface area (Å²) in [5.74, 6) is 0.132. The van der Waals surface area contributed by atoms with Gasteiger partial charge in [0.25, 0.3) is 0 Å². The van der Waals surface area contributed by atoms with Crippen molar-refractivity contribution in [1.82, 2.24) is 20.1 Å². The van der Waals surface area contributed by atoms with Gasteiger partial charge in [0.1, 0.15) is 17.9 Å². The van der Waals surface area contributed by atoms with Crippen molar-refractivity contribution in [3.8, 4) is 0 Å². The molecule has 94 valence electrons. The molecule has 1 amide bonds. The minimum atomic E-state index is -0.138. The highest BCUT2D eigenvalue weighted by Gasteiger charge is 2.06. The van der Waals surface area contributed by atoms with Crippen LogP contribution in [0.2, 0.25) is 0 Å². The Kier molecular flexibility index (Phi) is 5.50. The van der Waals surface area contributed by atoms with Crippen LogP contribution in [0.3, 0.4) is 0 Å². The first-order valence-corrected chi connectivity index (χ1v) is 5.49. The molecule has 1 rings (SSSR count). The third-order valence-corrected chi connectivity index (χ3v) is 2.09. The molecular weight excluding hydrogens is 242 g/mol. The average Bonchev–Trinajstić information content (AvgIpc) is 2.73. The molecule has 0 saturated heterocycles. The fraction of sp³-hybridized carbons (Fsp3) is 0.556. The number of hydrogen-bond acceptors (Lipinski definition) is 5. The molecule has 0 aliphatic carbocycles. The SMILES string of the molecule is COCCCNC(=O)Cn1cnc(C(N)=S)n1. The molecule has 7 nitrogen and oxygen atoms in total. The third kappa shape index (κ3) is 4.87. The van der Waals surface area contributed by atoms with Crippen molar-refractivity contribution in [3.05, 3.63) is 12.2 Å². The molecule has 1 aromatic heterocycles. The Labute approximate surface area is 104 Å². The number of aromatic nitrogens is 3. The van der Waals surface area contributed by atoms with Crippen molar-refractivity contribution in [1.29, 1.82) is 0 Å². The molecule has 0 fully saturated rings. The lowest BCUT2D eigenvalue weighted by atomic mass is 10.4. The second-order valence-electron chi connectivity index (χ2n) is 3.33. The summed E-state index contributed by atoms with van der Waals surface area (Å²) in [5, 5.41) is 6.68. The molecule has 0 radical (unpaired) electrons. The van der Waals surface area contributed by atoms with Gasteiger partial charge in [-0.1, -0.05) is 12.2 Å². The molecule has 0 atom stereocenters. The molecule has 0 aliphatic heterocycles. The normalized spacial score (nSPS) is 10.2. The summed E-state index contributed by atoms with van der Waals surface area (Å²) in [6.07, 6.45) is 2.20. The predicted octanol–water partition coefficient (Wildman–Crippen LogP) is -0.935.